The van der Waals surface area contributed by atoms with Crippen LogP contribution in [0.2, 0.25) is 0 Å². The summed E-state index contributed by atoms with van der Waals surface area (Å²) in [5.41, 5.74) is -1.86. The van der Waals surface area contributed by atoms with E-state index in [4.69, 9.17) is 4.74 Å². The number of esters is 1. The van der Waals surface area contributed by atoms with Gasteiger partial charge in [0.05, 0.1) is 11.7 Å². The SMILES string of the molecule is C[C@]12C=CC(=O)C=C1CCC1C2[C@@H](O)C[C@@]2(C)C1CC[C@]2(O)C(=O)COC(=O)c1ccccc1CO[N+](=O)[O-]. The molecule has 0 aliphatic heterocycles. The second-order valence-corrected chi connectivity index (χ2v) is 11.8. The van der Waals surface area contributed by atoms with Crippen LogP contribution >= 0.6 is 0 Å². The van der Waals surface area contributed by atoms with Crippen LogP contribution in [-0.4, -0.2) is 51.1 Å². The smallest absolute Gasteiger partial charge is 0.338 e. The molecule has 10 heteroatoms. The van der Waals surface area contributed by atoms with E-state index in [1.165, 1.54) is 12.1 Å². The monoisotopic (exact) mass is 539 g/mol. The molecule has 3 saturated carbocycles. The molecule has 3 fully saturated rings. The van der Waals surface area contributed by atoms with Crippen molar-refractivity contribution in [3.8, 4) is 0 Å². The molecule has 0 radical (unpaired) electrons. The molecule has 5 rings (SSSR count). The number of aliphatic hydroxyl groups is 2. The summed E-state index contributed by atoms with van der Waals surface area (Å²) in [6.45, 7) is 2.80. The molecule has 4 aliphatic rings. The number of hydrogen-bond donors (Lipinski definition) is 2. The summed E-state index contributed by atoms with van der Waals surface area (Å²) < 4.78 is 5.29. The van der Waals surface area contributed by atoms with Gasteiger partial charge in [-0.2, -0.15) is 0 Å². The van der Waals surface area contributed by atoms with Crippen molar-refractivity contribution in [2.24, 2.45) is 28.6 Å². The Hall–Kier alpha value is -3.37. The average Bonchev–Trinajstić information content (AvgIpc) is 3.17. The third kappa shape index (κ3) is 4.30. The Morgan fingerprint density at radius 2 is 1.95 bits per heavy atom. The van der Waals surface area contributed by atoms with Gasteiger partial charge in [0.1, 0.15) is 12.2 Å². The summed E-state index contributed by atoms with van der Waals surface area (Å²) in [5.74, 6) is -1.63. The first kappa shape index (κ1) is 27.2. The summed E-state index contributed by atoms with van der Waals surface area (Å²) in [7, 11) is 0. The molecular weight excluding hydrogens is 506 g/mol. The highest BCUT2D eigenvalue weighted by molar-refractivity contribution is 6.01. The van der Waals surface area contributed by atoms with Gasteiger partial charge < -0.3 is 19.8 Å². The van der Waals surface area contributed by atoms with Gasteiger partial charge in [0.2, 0.25) is 5.78 Å². The Bertz CT molecular complexity index is 1290. The van der Waals surface area contributed by atoms with Crippen LogP contribution in [0.1, 0.15) is 61.9 Å². The number of benzene rings is 1. The first-order valence-electron chi connectivity index (χ1n) is 13.3. The number of hydrogen-bond acceptors (Lipinski definition) is 9. The number of rotatable bonds is 7. The van der Waals surface area contributed by atoms with E-state index in [1.54, 1.807) is 24.3 Å². The van der Waals surface area contributed by atoms with Crippen molar-refractivity contribution in [1.82, 2.24) is 0 Å². The fourth-order valence-electron chi connectivity index (χ4n) is 8.08. The topological polar surface area (TPSA) is 153 Å². The lowest BCUT2D eigenvalue weighted by molar-refractivity contribution is -0.763. The number of ketones is 2. The van der Waals surface area contributed by atoms with E-state index in [0.29, 0.717) is 6.42 Å². The minimum atomic E-state index is -1.78. The van der Waals surface area contributed by atoms with Gasteiger partial charge in [0, 0.05) is 16.7 Å². The van der Waals surface area contributed by atoms with Gasteiger partial charge in [-0.1, -0.05) is 43.7 Å². The molecule has 10 nitrogen and oxygen atoms in total. The van der Waals surface area contributed by atoms with Gasteiger partial charge in [-0.25, -0.2) is 4.79 Å². The zero-order valence-corrected chi connectivity index (χ0v) is 22.0. The Morgan fingerprint density at radius 1 is 1.21 bits per heavy atom. The van der Waals surface area contributed by atoms with E-state index < -0.39 is 52.6 Å². The Labute approximate surface area is 225 Å². The lowest BCUT2D eigenvalue weighted by atomic mass is 9.46. The largest absolute Gasteiger partial charge is 0.454 e. The molecular formula is C29H33NO9. The molecule has 4 aliphatic carbocycles. The van der Waals surface area contributed by atoms with Gasteiger partial charge in [0.25, 0.3) is 5.09 Å². The minimum Gasteiger partial charge on any atom is -0.454 e. The van der Waals surface area contributed by atoms with Crippen molar-refractivity contribution in [2.45, 2.75) is 64.3 Å². The van der Waals surface area contributed by atoms with Crippen LogP contribution in [0, 0.1) is 38.7 Å². The van der Waals surface area contributed by atoms with Crippen LogP contribution in [0.15, 0.2) is 48.1 Å². The minimum absolute atomic E-state index is 0.0278. The molecule has 2 N–H and O–H groups in total. The van der Waals surface area contributed by atoms with Gasteiger partial charge in [0.15, 0.2) is 12.4 Å². The number of aliphatic hydroxyl groups excluding tert-OH is 1. The maximum atomic E-state index is 13.5. The second-order valence-electron chi connectivity index (χ2n) is 11.8. The Kier molecular flexibility index (Phi) is 6.75. The van der Waals surface area contributed by atoms with Crippen molar-refractivity contribution in [1.29, 1.82) is 0 Å². The van der Waals surface area contributed by atoms with Gasteiger partial charge in [-0.3, -0.25) is 9.59 Å². The summed E-state index contributed by atoms with van der Waals surface area (Å²) in [6, 6.07) is 6.06. The zero-order chi connectivity index (χ0) is 28.2. The maximum absolute atomic E-state index is 13.5. The Morgan fingerprint density at radius 3 is 2.69 bits per heavy atom. The van der Waals surface area contributed by atoms with E-state index in [0.717, 1.165) is 18.4 Å². The maximum Gasteiger partial charge on any atom is 0.338 e. The van der Waals surface area contributed by atoms with Crippen LogP contribution < -0.4 is 0 Å². The standard InChI is InChI=1S/C29H33NO9/c1-27-11-9-19(31)13-18(27)7-8-21-22-10-12-29(35,28(22,2)14-23(32)25(21)27)24(33)16-38-26(34)20-6-4-3-5-17(20)15-39-30(36)37/h3-6,9,11,13,21-23,25,32,35H,7-8,10,12,14-16H2,1-2H3/t21?,22?,23-,25?,27-,28-,29-/m0/s1. The molecule has 7 atom stereocenters. The molecule has 0 aromatic heterocycles. The highest BCUT2D eigenvalue weighted by Crippen LogP contribution is 2.67. The summed E-state index contributed by atoms with van der Waals surface area (Å²) in [5, 5.41) is 32.9. The molecule has 3 unspecified atom stereocenters. The highest BCUT2D eigenvalue weighted by atomic mass is 16.9. The quantitative estimate of drug-likeness (QED) is 0.302. The van der Waals surface area contributed by atoms with E-state index in [1.807, 2.05) is 13.0 Å². The molecule has 0 saturated heterocycles. The second kappa shape index (κ2) is 9.67. The predicted molar refractivity (Wildman–Crippen MR) is 136 cm³/mol. The van der Waals surface area contributed by atoms with E-state index >= 15 is 0 Å². The van der Waals surface area contributed by atoms with Crippen molar-refractivity contribution < 1.29 is 39.3 Å². The summed E-state index contributed by atoms with van der Waals surface area (Å²) in [4.78, 5) is 53.2. The number of carbonyl (C=O) groups is 3. The summed E-state index contributed by atoms with van der Waals surface area (Å²) >= 11 is 0. The number of allylic oxidation sites excluding steroid dienone is 4. The van der Waals surface area contributed by atoms with Crippen LogP contribution in [0.25, 0.3) is 0 Å². The van der Waals surface area contributed by atoms with Crippen LogP contribution in [0.3, 0.4) is 0 Å². The van der Waals surface area contributed by atoms with Crippen LogP contribution in [0.5, 0.6) is 0 Å². The van der Waals surface area contributed by atoms with Crippen LogP contribution in [-0.2, 0) is 25.8 Å². The fraction of sp³-hybridized carbons (Fsp3) is 0.552. The lowest BCUT2D eigenvalue weighted by Crippen LogP contribution is -2.61. The van der Waals surface area contributed by atoms with Gasteiger partial charge in [-0.15, -0.1) is 10.1 Å². The zero-order valence-electron chi connectivity index (χ0n) is 22.0. The normalized spacial score (nSPS) is 36.7. The lowest BCUT2D eigenvalue weighted by Gasteiger charge is -2.59. The third-order valence-electron chi connectivity index (χ3n) is 10.0. The number of nitrogens with zero attached hydrogens (tertiary/aromatic N) is 1. The van der Waals surface area contributed by atoms with E-state index in [-0.39, 0.29) is 47.5 Å². The molecule has 208 valence electrons. The number of ether oxygens (including phenoxy) is 1. The number of carbonyl (C=O) groups excluding carboxylic acids is 3. The molecule has 0 bridgehead atoms. The van der Waals surface area contributed by atoms with Crippen LogP contribution in [0.4, 0.5) is 0 Å². The van der Waals surface area contributed by atoms with Gasteiger partial charge in [-0.05, 0) is 67.7 Å². The van der Waals surface area contributed by atoms with Crippen molar-refractivity contribution in [3.63, 3.8) is 0 Å². The van der Waals surface area contributed by atoms with Crippen molar-refractivity contribution in [2.75, 3.05) is 6.61 Å². The molecule has 1 aromatic carbocycles. The molecule has 0 spiro atoms. The molecule has 1 aromatic rings. The third-order valence-corrected chi connectivity index (χ3v) is 10.0. The molecule has 0 heterocycles. The fourth-order valence-corrected chi connectivity index (χ4v) is 8.08. The van der Waals surface area contributed by atoms with Gasteiger partial charge >= 0.3 is 5.97 Å². The van der Waals surface area contributed by atoms with E-state index in [2.05, 4.69) is 11.8 Å². The van der Waals surface area contributed by atoms with Crippen molar-refractivity contribution >= 4 is 17.5 Å². The number of Topliss-reactive ketones (excluding diaryl/α,β-unsaturated/α-hetero) is 1. The highest BCUT2D eigenvalue weighted by Gasteiger charge is 2.68. The number of fused-ring (bicyclic) bond motifs is 5. The average molecular weight is 540 g/mol. The molecule has 39 heavy (non-hydrogen) atoms. The molecule has 0 amide bonds. The first-order valence-corrected chi connectivity index (χ1v) is 13.3. The van der Waals surface area contributed by atoms with E-state index in [9.17, 15) is 34.7 Å². The predicted octanol–water partition coefficient (Wildman–Crippen LogP) is 3.13. The Balaban J connectivity index is 1.32. The van der Waals surface area contributed by atoms with Crippen molar-refractivity contribution in [3.05, 3.63) is 69.3 Å². The first-order chi connectivity index (χ1) is 18.4. The summed E-state index contributed by atoms with van der Waals surface area (Å²) in [6.07, 6.45) is 6.84.